The maximum Gasteiger partial charge on any atom is 0.254 e. The fourth-order valence-corrected chi connectivity index (χ4v) is 4.82. The minimum absolute atomic E-state index is 0.0955. The largest absolute Gasteiger partial charge is 0.381 e. The molecule has 0 radical (unpaired) electrons. The molecule has 2 aliphatic heterocycles. The molecule has 1 amide bonds. The minimum Gasteiger partial charge on any atom is -0.381 e. The molecule has 2 aliphatic rings. The molecule has 1 aromatic carbocycles. The number of hydrogen-bond donors (Lipinski definition) is 1. The van der Waals surface area contributed by atoms with Crippen LogP contribution in [-0.4, -0.2) is 80.2 Å². The second-order valence-corrected chi connectivity index (χ2v) is 9.88. The van der Waals surface area contributed by atoms with Gasteiger partial charge in [-0.3, -0.25) is 4.79 Å². The summed E-state index contributed by atoms with van der Waals surface area (Å²) in [6.45, 7) is 9.38. The lowest BCUT2D eigenvalue weighted by Crippen LogP contribution is -2.44. The molecule has 2 aromatic rings. The molecule has 0 unspecified atom stereocenters. The van der Waals surface area contributed by atoms with Crippen LogP contribution in [0.4, 0.5) is 5.82 Å². The van der Waals surface area contributed by atoms with Crippen LogP contribution in [-0.2, 0) is 17.8 Å². The highest BCUT2D eigenvalue weighted by Gasteiger charge is 2.34. The fraction of sp³-hybridized carbons (Fsp3) is 0.556. The Bertz CT molecular complexity index is 1000. The van der Waals surface area contributed by atoms with E-state index in [-0.39, 0.29) is 11.9 Å². The predicted octanol–water partition coefficient (Wildman–Crippen LogP) is 3.38. The van der Waals surface area contributed by atoms with Crippen molar-refractivity contribution < 1.29 is 9.53 Å². The van der Waals surface area contributed by atoms with Crippen molar-refractivity contribution >= 4 is 11.7 Å². The van der Waals surface area contributed by atoms with Gasteiger partial charge < -0.3 is 24.8 Å². The molecule has 184 valence electrons. The average Bonchev–Trinajstić information content (AvgIpc) is 2.82. The molecule has 0 saturated carbocycles. The zero-order valence-electron chi connectivity index (χ0n) is 21.3. The van der Waals surface area contributed by atoms with E-state index in [9.17, 15) is 4.79 Å². The third-order valence-electron chi connectivity index (χ3n) is 7.03. The molecule has 1 N–H and O–H groups in total. The third kappa shape index (κ3) is 5.27. The van der Waals surface area contributed by atoms with Gasteiger partial charge in [-0.1, -0.05) is 18.2 Å². The van der Waals surface area contributed by atoms with Crippen LogP contribution in [0, 0.1) is 0 Å². The first-order chi connectivity index (χ1) is 16.4. The van der Waals surface area contributed by atoms with Crippen LogP contribution >= 0.6 is 0 Å². The third-order valence-corrected chi connectivity index (χ3v) is 7.03. The van der Waals surface area contributed by atoms with Crippen LogP contribution in [0.5, 0.6) is 0 Å². The van der Waals surface area contributed by atoms with E-state index in [2.05, 4.69) is 60.3 Å². The number of aromatic nitrogens is 1. The number of pyridine rings is 1. The van der Waals surface area contributed by atoms with Gasteiger partial charge in [-0.25, -0.2) is 4.98 Å². The number of amides is 1. The molecule has 7 nitrogen and oxygen atoms in total. The average molecular weight is 466 g/mol. The maximum atomic E-state index is 13.6. The number of carbonyl (C=O) groups excluding carboxylic acids is 1. The molecule has 7 heteroatoms. The highest BCUT2D eigenvalue weighted by Crippen LogP contribution is 2.38. The Balaban J connectivity index is 1.65. The van der Waals surface area contributed by atoms with Crippen molar-refractivity contribution in [3.05, 3.63) is 47.0 Å². The van der Waals surface area contributed by atoms with Gasteiger partial charge in [0.05, 0.1) is 11.3 Å². The molecule has 1 aromatic heterocycles. The lowest BCUT2D eigenvalue weighted by atomic mass is 9.95. The topological polar surface area (TPSA) is 60.9 Å². The van der Waals surface area contributed by atoms with Gasteiger partial charge >= 0.3 is 0 Å². The number of likely N-dealkylation sites (N-methyl/N-ethyl adjacent to an activating group) is 2. The summed E-state index contributed by atoms with van der Waals surface area (Å²) < 4.78 is 5.51. The second-order valence-electron chi connectivity index (χ2n) is 9.88. The number of ether oxygens (including phenoxy) is 1. The highest BCUT2D eigenvalue weighted by molar-refractivity contribution is 5.99. The Hall–Kier alpha value is -2.48. The van der Waals surface area contributed by atoms with E-state index < -0.39 is 0 Å². The molecule has 1 fully saturated rings. The quantitative estimate of drug-likeness (QED) is 0.613. The number of carbonyl (C=O) groups is 1. The molecule has 0 spiro atoms. The van der Waals surface area contributed by atoms with Crippen LogP contribution in [0.25, 0.3) is 11.3 Å². The molecule has 4 rings (SSSR count). The molecular formula is C27H39N5O2. The first kappa shape index (κ1) is 24.6. The number of rotatable bonds is 9. The smallest absolute Gasteiger partial charge is 0.254 e. The summed E-state index contributed by atoms with van der Waals surface area (Å²) in [5.74, 6) is 1.05. The lowest BCUT2D eigenvalue weighted by Gasteiger charge is -2.40. The first-order valence-electron chi connectivity index (χ1n) is 12.5. The van der Waals surface area contributed by atoms with E-state index in [1.807, 2.05) is 25.1 Å². The molecule has 34 heavy (non-hydrogen) atoms. The number of hydrogen-bond acceptors (Lipinski definition) is 6. The summed E-state index contributed by atoms with van der Waals surface area (Å²) in [6.07, 6.45) is 1.78. The van der Waals surface area contributed by atoms with Gasteiger partial charge in [-0.05, 0) is 58.5 Å². The van der Waals surface area contributed by atoms with Crippen molar-refractivity contribution in [2.45, 2.75) is 51.9 Å². The summed E-state index contributed by atoms with van der Waals surface area (Å²) in [7, 11) is 6.05. The Morgan fingerprint density at radius 1 is 1.24 bits per heavy atom. The summed E-state index contributed by atoms with van der Waals surface area (Å²) in [5, 5.41) is 3.20. The van der Waals surface area contributed by atoms with Crippen molar-refractivity contribution in [1.29, 1.82) is 0 Å². The fourth-order valence-electron chi connectivity index (χ4n) is 4.82. The van der Waals surface area contributed by atoms with Crippen LogP contribution < -0.4 is 10.2 Å². The molecule has 1 saturated heterocycles. The number of nitrogens with zero attached hydrogens (tertiary/aromatic N) is 4. The van der Waals surface area contributed by atoms with E-state index in [0.717, 1.165) is 80.4 Å². The lowest BCUT2D eigenvalue weighted by molar-refractivity contribution is 0.0361. The molecular weight excluding hydrogens is 426 g/mol. The summed E-state index contributed by atoms with van der Waals surface area (Å²) >= 11 is 0. The SMILES string of the molecule is CNCCN(C)Cc1cccc(-c2cc(C(=O)N(C)C3CCOCC3)c3c(n2)N(C(C)C)C3)c1. The zero-order valence-corrected chi connectivity index (χ0v) is 21.3. The molecule has 3 heterocycles. The predicted molar refractivity (Wildman–Crippen MR) is 137 cm³/mol. The van der Waals surface area contributed by atoms with Crippen LogP contribution in [0.3, 0.4) is 0 Å². The van der Waals surface area contributed by atoms with Gasteiger partial charge in [-0.15, -0.1) is 0 Å². The van der Waals surface area contributed by atoms with E-state index in [4.69, 9.17) is 9.72 Å². The van der Waals surface area contributed by atoms with Crippen molar-refractivity contribution in [1.82, 2.24) is 20.1 Å². The Labute approximate surface area is 204 Å². The van der Waals surface area contributed by atoms with Gasteiger partial charge in [0.25, 0.3) is 5.91 Å². The normalized spacial score (nSPS) is 16.0. The first-order valence-corrected chi connectivity index (χ1v) is 12.5. The molecule has 0 aliphatic carbocycles. The van der Waals surface area contributed by atoms with Gasteiger partial charge in [0.1, 0.15) is 5.82 Å². The van der Waals surface area contributed by atoms with Gasteiger partial charge in [0.2, 0.25) is 0 Å². The Morgan fingerprint density at radius 3 is 2.71 bits per heavy atom. The van der Waals surface area contributed by atoms with Crippen molar-refractivity contribution in [3.8, 4) is 11.3 Å². The minimum atomic E-state index is 0.0955. The van der Waals surface area contributed by atoms with Crippen molar-refractivity contribution in [3.63, 3.8) is 0 Å². The maximum absolute atomic E-state index is 13.6. The van der Waals surface area contributed by atoms with Gasteiger partial charge in [0, 0.05) is 69.7 Å². The van der Waals surface area contributed by atoms with E-state index in [0.29, 0.717) is 6.04 Å². The van der Waals surface area contributed by atoms with Crippen LogP contribution in [0.15, 0.2) is 30.3 Å². The summed E-state index contributed by atoms with van der Waals surface area (Å²) in [5.41, 5.74) is 5.04. The second kappa shape index (κ2) is 10.8. The van der Waals surface area contributed by atoms with Gasteiger partial charge in [-0.2, -0.15) is 0 Å². The summed E-state index contributed by atoms with van der Waals surface area (Å²) in [4.78, 5) is 25.2. The van der Waals surface area contributed by atoms with Gasteiger partial charge in [0.15, 0.2) is 0 Å². The Morgan fingerprint density at radius 2 is 2.00 bits per heavy atom. The van der Waals surface area contributed by atoms with Crippen molar-refractivity contribution in [2.24, 2.45) is 0 Å². The molecule has 0 atom stereocenters. The number of nitrogens with one attached hydrogen (secondary N) is 1. The number of fused-ring (bicyclic) bond motifs is 1. The number of benzene rings is 1. The van der Waals surface area contributed by atoms with E-state index in [1.165, 1.54) is 5.56 Å². The molecule has 0 bridgehead atoms. The standard InChI is InChI=1S/C27H39N5O2/c1-19(2)32-18-24-23(27(33)31(5)22-9-13-34-14-10-22)16-25(29-26(24)32)21-8-6-7-20(15-21)17-30(4)12-11-28-3/h6-8,15-16,19,22,28H,9-14,17-18H2,1-5H3. The zero-order chi connectivity index (χ0) is 24.2. The van der Waals surface area contributed by atoms with Crippen molar-refractivity contribution in [2.75, 3.05) is 52.3 Å². The highest BCUT2D eigenvalue weighted by atomic mass is 16.5. The van der Waals surface area contributed by atoms with Crippen LogP contribution in [0.2, 0.25) is 0 Å². The summed E-state index contributed by atoms with van der Waals surface area (Å²) in [6, 6.07) is 11.1. The van der Waals surface area contributed by atoms with E-state index in [1.54, 1.807) is 0 Å². The Kier molecular flexibility index (Phi) is 7.86. The number of anilines is 1. The monoisotopic (exact) mass is 465 g/mol. The van der Waals surface area contributed by atoms with Crippen LogP contribution in [0.1, 0.15) is 48.2 Å². The van der Waals surface area contributed by atoms with E-state index >= 15 is 0 Å².